The van der Waals surface area contributed by atoms with Gasteiger partial charge in [-0.3, -0.25) is 0 Å². The highest BCUT2D eigenvalue weighted by molar-refractivity contribution is 9.10. The summed E-state index contributed by atoms with van der Waals surface area (Å²) < 4.78 is 12.0. The van der Waals surface area contributed by atoms with E-state index in [1.54, 1.807) is 0 Å². The van der Waals surface area contributed by atoms with Crippen LogP contribution in [0, 0.1) is 0 Å². The Kier molecular flexibility index (Phi) is 2.84. The molecule has 1 fully saturated rings. The van der Waals surface area contributed by atoms with Crippen molar-refractivity contribution in [1.82, 2.24) is 0 Å². The molecule has 1 aromatic carbocycles. The summed E-state index contributed by atoms with van der Waals surface area (Å²) >= 11 is 9.47. The normalized spacial score (nSPS) is 19.9. The van der Waals surface area contributed by atoms with Gasteiger partial charge in [0.1, 0.15) is 0 Å². The van der Waals surface area contributed by atoms with E-state index < -0.39 is 5.79 Å². The van der Waals surface area contributed by atoms with Crippen LogP contribution in [0.4, 0.5) is 0 Å². The number of rotatable bonds is 1. The Bertz CT molecular complexity index is 348. The number of benzene rings is 1. The maximum absolute atomic E-state index is 6.11. The fraction of sp³-hybridized carbons (Fsp3) is 0.400. The van der Waals surface area contributed by atoms with Gasteiger partial charge in [-0.2, -0.15) is 0 Å². The van der Waals surface area contributed by atoms with Crippen LogP contribution in [0.15, 0.2) is 22.7 Å². The molecule has 0 unspecified atom stereocenters. The number of ether oxygens (including phenoxy) is 2. The minimum absolute atomic E-state index is 0.614. The number of hydrogen-bond donors (Lipinski definition) is 0. The van der Waals surface area contributed by atoms with Crippen molar-refractivity contribution in [3.63, 3.8) is 0 Å². The van der Waals surface area contributed by atoms with Crippen molar-refractivity contribution in [2.75, 3.05) is 13.2 Å². The van der Waals surface area contributed by atoms with Crippen LogP contribution in [-0.4, -0.2) is 13.2 Å². The van der Waals surface area contributed by atoms with Gasteiger partial charge < -0.3 is 9.47 Å². The summed E-state index contributed by atoms with van der Waals surface area (Å²) in [4.78, 5) is 0. The molecule has 76 valence electrons. The standard InChI is InChI=1S/C10H10BrClO2/c1-10(13-4-5-14-10)8-3-2-7(11)6-9(8)12/h2-3,6H,4-5H2,1H3. The lowest BCUT2D eigenvalue weighted by Crippen LogP contribution is -2.22. The highest BCUT2D eigenvalue weighted by Gasteiger charge is 2.34. The third-order valence-corrected chi connectivity index (χ3v) is 3.06. The quantitative estimate of drug-likeness (QED) is 0.784. The third-order valence-electron chi connectivity index (χ3n) is 2.26. The molecule has 0 spiro atoms. The minimum Gasteiger partial charge on any atom is -0.344 e. The molecule has 1 aliphatic heterocycles. The van der Waals surface area contributed by atoms with Gasteiger partial charge in [0, 0.05) is 10.0 Å². The van der Waals surface area contributed by atoms with Gasteiger partial charge in [-0.1, -0.05) is 33.6 Å². The first-order chi connectivity index (χ1) is 6.62. The average molecular weight is 278 g/mol. The summed E-state index contributed by atoms with van der Waals surface area (Å²) in [5.74, 6) is -0.683. The van der Waals surface area contributed by atoms with Crippen molar-refractivity contribution in [3.8, 4) is 0 Å². The minimum atomic E-state index is -0.683. The van der Waals surface area contributed by atoms with E-state index in [0.717, 1.165) is 10.0 Å². The van der Waals surface area contributed by atoms with E-state index in [1.165, 1.54) is 0 Å². The van der Waals surface area contributed by atoms with Gasteiger partial charge in [0.25, 0.3) is 0 Å². The second kappa shape index (κ2) is 3.81. The molecular formula is C10H10BrClO2. The molecule has 0 saturated carbocycles. The molecule has 0 bridgehead atoms. The predicted molar refractivity (Wildman–Crippen MR) is 58.4 cm³/mol. The molecule has 0 radical (unpaired) electrons. The zero-order valence-corrected chi connectivity index (χ0v) is 10.1. The summed E-state index contributed by atoms with van der Waals surface area (Å²) in [5, 5.41) is 0.656. The van der Waals surface area contributed by atoms with Gasteiger partial charge in [0.05, 0.1) is 18.2 Å². The summed E-state index contributed by atoms with van der Waals surface area (Å²) in [6, 6.07) is 5.68. The van der Waals surface area contributed by atoms with E-state index in [9.17, 15) is 0 Å². The Balaban J connectivity index is 2.40. The van der Waals surface area contributed by atoms with Gasteiger partial charge in [0.15, 0.2) is 5.79 Å². The van der Waals surface area contributed by atoms with Crippen molar-refractivity contribution in [3.05, 3.63) is 33.3 Å². The summed E-state index contributed by atoms with van der Waals surface area (Å²) in [6.45, 7) is 3.11. The molecule has 4 heteroatoms. The zero-order valence-electron chi connectivity index (χ0n) is 7.72. The van der Waals surface area contributed by atoms with Crippen molar-refractivity contribution >= 4 is 27.5 Å². The molecule has 0 amide bonds. The maximum atomic E-state index is 6.11. The maximum Gasteiger partial charge on any atom is 0.193 e. The molecule has 0 N–H and O–H groups in total. The fourth-order valence-corrected chi connectivity index (χ4v) is 2.37. The number of hydrogen-bond acceptors (Lipinski definition) is 2. The van der Waals surface area contributed by atoms with Gasteiger partial charge in [0.2, 0.25) is 0 Å². The third kappa shape index (κ3) is 1.82. The van der Waals surface area contributed by atoms with Gasteiger partial charge in [-0.15, -0.1) is 0 Å². The second-order valence-electron chi connectivity index (χ2n) is 3.27. The molecule has 2 rings (SSSR count). The molecule has 0 aromatic heterocycles. The molecule has 2 nitrogen and oxygen atoms in total. The first-order valence-electron chi connectivity index (χ1n) is 4.35. The summed E-state index contributed by atoms with van der Waals surface area (Å²) in [6.07, 6.45) is 0. The lowest BCUT2D eigenvalue weighted by molar-refractivity contribution is -0.149. The van der Waals surface area contributed by atoms with Gasteiger partial charge in [-0.25, -0.2) is 0 Å². The Morgan fingerprint density at radius 3 is 2.57 bits per heavy atom. The van der Waals surface area contributed by atoms with Crippen LogP contribution < -0.4 is 0 Å². The Morgan fingerprint density at radius 1 is 1.36 bits per heavy atom. The Labute approximate surface area is 96.3 Å². The van der Waals surface area contributed by atoms with Crippen molar-refractivity contribution < 1.29 is 9.47 Å². The second-order valence-corrected chi connectivity index (χ2v) is 4.59. The van der Waals surface area contributed by atoms with Crippen LogP contribution in [-0.2, 0) is 15.3 Å². The molecule has 1 heterocycles. The van der Waals surface area contributed by atoms with Crippen LogP contribution in [0.1, 0.15) is 12.5 Å². The van der Waals surface area contributed by atoms with Crippen LogP contribution in [0.2, 0.25) is 5.02 Å². The molecule has 1 aromatic rings. The molecule has 14 heavy (non-hydrogen) atoms. The van der Waals surface area contributed by atoms with Crippen molar-refractivity contribution in [1.29, 1.82) is 0 Å². The van der Waals surface area contributed by atoms with Crippen LogP contribution in [0.3, 0.4) is 0 Å². The Hall–Kier alpha value is -0.0900. The topological polar surface area (TPSA) is 18.5 Å². The summed E-state index contributed by atoms with van der Waals surface area (Å²) in [7, 11) is 0. The van der Waals surface area contributed by atoms with Crippen molar-refractivity contribution in [2.24, 2.45) is 0 Å². The lowest BCUT2D eigenvalue weighted by Gasteiger charge is -2.23. The molecular weight excluding hydrogens is 267 g/mol. The van der Waals surface area contributed by atoms with E-state index in [4.69, 9.17) is 21.1 Å². The van der Waals surface area contributed by atoms with Crippen molar-refractivity contribution in [2.45, 2.75) is 12.7 Å². The highest BCUT2D eigenvalue weighted by Crippen LogP contribution is 2.36. The number of halogens is 2. The average Bonchev–Trinajstić information content (AvgIpc) is 2.52. The van der Waals surface area contributed by atoms with Gasteiger partial charge in [-0.05, 0) is 19.1 Å². The SMILES string of the molecule is CC1(c2ccc(Br)cc2Cl)OCCO1. The molecule has 0 aliphatic carbocycles. The van der Waals surface area contributed by atoms with E-state index in [1.807, 2.05) is 25.1 Å². The van der Waals surface area contributed by atoms with Crippen LogP contribution >= 0.6 is 27.5 Å². The zero-order chi connectivity index (χ0) is 10.2. The first-order valence-corrected chi connectivity index (χ1v) is 5.52. The van der Waals surface area contributed by atoms with E-state index >= 15 is 0 Å². The van der Waals surface area contributed by atoms with Crippen LogP contribution in [0.25, 0.3) is 0 Å². The molecule has 1 saturated heterocycles. The fourth-order valence-electron chi connectivity index (χ4n) is 1.53. The molecule has 0 atom stereocenters. The van der Waals surface area contributed by atoms with Gasteiger partial charge >= 0.3 is 0 Å². The lowest BCUT2D eigenvalue weighted by atomic mass is 10.1. The first kappa shape index (κ1) is 10.4. The Morgan fingerprint density at radius 2 is 2.00 bits per heavy atom. The predicted octanol–water partition coefficient (Wildman–Crippen LogP) is 3.32. The van der Waals surface area contributed by atoms with E-state index in [2.05, 4.69) is 15.9 Å². The monoisotopic (exact) mass is 276 g/mol. The van der Waals surface area contributed by atoms with E-state index in [-0.39, 0.29) is 0 Å². The van der Waals surface area contributed by atoms with Crippen LogP contribution in [0.5, 0.6) is 0 Å². The van der Waals surface area contributed by atoms with E-state index in [0.29, 0.717) is 18.2 Å². The smallest absolute Gasteiger partial charge is 0.193 e. The summed E-state index contributed by atoms with van der Waals surface area (Å²) in [5.41, 5.74) is 0.875. The highest BCUT2D eigenvalue weighted by atomic mass is 79.9. The largest absolute Gasteiger partial charge is 0.344 e. The molecule has 1 aliphatic rings.